The quantitative estimate of drug-likeness (QED) is 0.345. The summed E-state index contributed by atoms with van der Waals surface area (Å²) in [4.78, 5) is 21.5. The molecule has 0 bridgehead atoms. The predicted octanol–water partition coefficient (Wildman–Crippen LogP) is 1.85. The van der Waals surface area contributed by atoms with Gasteiger partial charge in [0.05, 0.1) is 4.87 Å². The third-order valence-electron chi connectivity index (χ3n) is 1.42. The first-order valence-corrected chi connectivity index (χ1v) is 5.39. The van der Waals surface area contributed by atoms with Crippen LogP contribution in [-0.4, -0.2) is 22.6 Å². The molecule has 0 saturated heterocycles. The number of hydrogen-bond donors (Lipinski definition) is 2. The molecule has 0 aromatic carbocycles. The largest absolute Gasteiger partial charge is 0.516 e. The first kappa shape index (κ1) is 15.2. The highest BCUT2D eigenvalue weighted by atomic mass is 32.1. The maximum atomic E-state index is 11.2. The van der Waals surface area contributed by atoms with Crippen molar-refractivity contribution >= 4 is 24.8 Å². The number of thiol groups is 1. The zero-order valence-corrected chi connectivity index (χ0v) is 11.0. The van der Waals surface area contributed by atoms with Gasteiger partial charge in [0, 0.05) is 6.42 Å². The second-order valence-corrected chi connectivity index (χ2v) is 5.82. The maximum Gasteiger partial charge on any atom is 0.516 e. The van der Waals surface area contributed by atoms with E-state index in [-0.39, 0.29) is 6.42 Å². The molecule has 94 valence electrons. The van der Waals surface area contributed by atoms with Crippen LogP contribution in [0.15, 0.2) is 0 Å². The molecule has 1 atom stereocenters. The molecule has 0 amide bonds. The van der Waals surface area contributed by atoms with E-state index in [1.54, 1.807) is 27.7 Å². The zero-order valence-electron chi connectivity index (χ0n) is 10.1. The van der Waals surface area contributed by atoms with E-state index in [0.717, 1.165) is 0 Å². The Labute approximate surface area is 101 Å². The first-order valence-electron chi connectivity index (χ1n) is 4.94. The van der Waals surface area contributed by atoms with Crippen LogP contribution >= 0.6 is 12.6 Å². The van der Waals surface area contributed by atoms with Gasteiger partial charge < -0.3 is 15.2 Å². The van der Waals surface area contributed by atoms with Crippen molar-refractivity contribution in [2.24, 2.45) is 5.73 Å². The van der Waals surface area contributed by atoms with Crippen molar-refractivity contribution < 1.29 is 19.1 Å². The van der Waals surface area contributed by atoms with Crippen LogP contribution in [0.25, 0.3) is 0 Å². The molecule has 0 saturated carbocycles. The average molecular weight is 249 g/mol. The van der Waals surface area contributed by atoms with Gasteiger partial charge in [-0.25, -0.2) is 4.79 Å². The van der Waals surface area contributed by atoms with Crippen molar-refractivity contribution in [3.05, 3.63) is 0 Å². The number of rotatable bonds is 3. The van der Waals surface area contributed by atoms with Crippen molar-refractivity contribution in [3.8, 4) is 0 Å². The second kappa shape index (κ2) is 5.54. The van der Waals surface area contributed by atoms with E-state index in [1.807, 2.05) is 0 Å². The molecule has 0 rings (SSSR count). The Balaban J connectivity index is 3.93. The van der Waals surface area contributed by atoms with E-state index in [9.17, 15) is 9.59 Å². The molecule has 0 spiro atoms. The number of ether oxygens (including phenoxy) is 2. The van der Waals surface area contributed by atoms with E-state index >= 15 is 0 Å². The average Bonchev–Trinajstić information content (AvgIpc) is 1.95. The van der Waals surface area contributed by atoms with Gasteiger partial charge in [0.1, 0.15) is 5.60 Å². The van der Waals surface area contributed by atoms with E-state index in [1.165, 1.54) is 0 Å². The fourth-order valence-electron chi connectivity index (χ4n) is 0.770. The summed E-state index contributed by atoms with van der Waals surface area (Å²) in [6, 6.07) is 0. The third-order valence-corrected chi connectivity index (χ3v) is 1.65. The van der Waals surface area contributed by atoms with Gasteiger partial charge >= 0.3 is 12.1 Å². The molecule has 6 heteroatoms. The number of esters is 1. The molecule has 5 nitrogen and oxygen atoms in total. The fourth-order valence-corrected chi connectivity index (χ4v) is 0.882. The van der Waals surface area contributed by atoms with Crippen LogP contribution < -0.4 is 5.73 Å². The monoisotopic (exact) mass is 249 g/mol. The summed E-state index contributed by atoms with van der Waals surface area (Å²) in [6.07, 6.45) is -0.650. The van der Waals surface area contributed by atoms with Crippen molar-refractivity contribution in [1.82, 2.24) is 0 Å². The molecular formula is C10H19NO4S. The highest BCUT2D eigenvalue weighted by molar-refractivity contribution is 7.81. The molecule has 16 heavy (non-hydrogen) atoms. The zero-order chi connectivity index (χ0) is 13.0. The van der Waals surface area contributed by atoms with Crippen molar-refractivity contribution in [3.63, 3.8) is 0 Å². The normalized spacial score (nSPS) is 15.1. The summed E-state index contributed by atoms with van der Waals surface area (Å²) >= 11 is 4.04. The lowest BCUT2D eigenvalue weighted by Crippen LogP contribution is -2.31. The van der Waals surface area contributed by atoms with Crippen molar-refractivity contribution in [2.75, 3.05) is 0 Å². The summed E-state index contributed by atoms with van der Waals surface area (Å²) in [5.41, 5.74) is 4.88. The van der Waals surface area contributed by atoms with Crippen LogP contribution in [0.1, 0.15) is 40.5 Å². The Bertz CT molecular complexity index is 265. The number of hydrogen-bond acceptors (Lipinski definition) is 6. The van der Waals surface area contributed by atoms with Gasteiger partial charge in [-0.05, 0) is 34.1 Å². The van der Waals surface area contributed by atoms with E-state index in [2.05, 4.69) is 17.4 Å². The number of nitrogens with two attached hydrogens (primary N) is 1. The molecule has 0 aliphatic carbocycles. The molecule has 2 N–H and O–H groups in total. The molecule has 1 unspecified atom stereocenters. The number of carbonyl (C=O) groups excluding carboxylic acids is 2. The summed E-state index contributed by atoms with van der Waals surface area (Å²) < 4.78 is 9.24. The summed E-state index contributed by atoms with van der Waals surface area (Å²) in [6.45, 7) is 6.72. The van der Waals surface area contributed by atoms with Gasteiger partial charge in [-0.2, -0.15) is 12.6 Å². The van der Waals surface area contributed by atoms with Crippen LogP contribution in [0, 0.1) is 0 Å². The summed E-state index contributed by atoms with van der Waals surface area (Å²) in [7, 11) is 0. The topological polar surface area (TPSA) is 78.6 Å². The Morgan fingerprint density at radius 1 is 1.25 bits per heavy atom. The third kappa shape index (κ3) is 9.79. The minimum Gasteiger partial charge on any atom is -0.428 e. The van der Waals surface area contributed by atoms with Gasteiger partial charge in [0.2, 0.25) is 0 Å². The van der Waals surface area contributed by atoms with E-state index in [0.29, 0.717) is 6.42 Å². The Hall–Kier alpha value is -0.750. The minimum absolute atomic E-state index is 0.0236. The SMILES string of the molecule is CC(N)(S)CCC(=O)OC(=O)OC(C)(C)C. The molecule has 0 heterocycles. The first-order chi connectivity index (χ1) is 6.99. The van der Waals surface area contributed by atoms with Gasteiger partial charge in [-0.1, -0.05) is 0 Å². The second-order valence-electron chi connectivity index (χ2n) is 4.80. The Morgan fingerprint density at radius 3 is 2.12 bits per heavy atom. The smallest absolute Gasteiger partial charge is 0.428 e. The minimum atomic E-state index is -0.990. The molecule has 0 aromatic rings. The van der Waals surface area contributed by atoms with Crippen LogP contribution in [0.3, 0.4) is 0 Å². The van der Waals surface area contributed by atoms with Gasteiger partial charge in [-0.3, -0.25) is 4.79 Å². The van der Waals surface area contributed by atoms with Crippen LogP contribution in [0.2, 0.25) is 0 Å². The molecule has 0 fully saturated rings. The van der Waals surface area contributed by atoms with Gasteiger partial charge in [0.15, 0.2) is 0 Å². The molecular weight excluding hydrogens is 230 g/mol. The lowest BCUT2D eigenvalue weighted by Gasteiger charge is -2.19. The number of carbonyl (C=O) groups is 2. The van der Waals surface area contributed by atoms with Crippen LogP contribution in [0.5, 0.6) is 0 Å². The molecule has 0 radical (unpaired) electrons. The molecule has 0 aromatic heterocycles. The fraction of sp³-hybridized carbons (Fsp3) is 0.800. The predicted molar refractivity (Wildman–Crippen MR) is 63.1 cm³/mol. The van der Waals surface area contributed by atoms with Gasteiger partial charge in [-0.15, -0.1) is 0 Å². The highest BCUT2D eigenvalue weighted by Gasteiger charge is 2.21. The van der Waals surface area contributed by atoms with Gasteiger partial charge in [0.25, 0.3) is 0 Å². The van der Waals surface area contributed by atoms with Crippen LogP contribution in [0.4, 0.5) is 4.79 Å². The lowest BCUT2D eigenvalue weighted by molar-refractivity contribution is -0.141. The molecule has 0 aliphatic heterocycles. The van der Waals surface area contributed by atoms with Crippen molar-refractivity contribution in [1.29, 1.82) is 0 Å². The molecule has 0 aliphatic rings. The summed E-state index contributed by atoms with van der Waals surface area (Å²) in [5, 5.41) is 0. The van der Waals surface area contributed by atoms with Crippen molar-refractivity contribution in [2.45, 2.75) is 51.0 Å². The Kier molecular flexibility index (Phi) is 5.28. The van der Waals surface area contributed by atoms with E-state index in [4.69, 9.17) is 10.5 Å². The summed E-state index contributed by atoms with van der Waals surface area (Å²) in [5.74, 6) is -0.667. The highest BCUT2D eigenvalue weighted by Crippen LogP contribution is 2.14. The van der Waals surface area contributed by atoms with Crippen LogP contribution in [-0.2, 0) is 14.3 Å². The Morgan fingerprint density at radius 2 is 1.75 bits per heavy atom. The maximum absolute atomic E-state index is 11.2. The van der Waals surface area contributed by atoms with E-state index < -0.39 is 22.6 Å². The standard InChI is InChI=1S/C10H19NO4S/c1-9(2,3)15-8(13)14-7(12)5-6-10(4,11)16/h16H,5-6,11H2,1-4H3. The lowest BCUT2D eigenvalue weighted by atomic mass is 10.2.